The van der Waals surface area contributed by atoms with Gasteiger partial charge < -0.3 is 48.1 Å². The quantitative estimate of drug-likeness (QED) is 0.0288. The molecule has 0 aliphatic carbocycles. The minimum atomic E-state index is -0.0145. The highest BCUT2D eigenvalue weighted by Crippen LogP contribution is 2.31. The molecule has 0 saturated carbocycles. The van der Waals surface area contributed by atoms with Gasteiger partial charge in [0.1, 0.15) is 0 Å². The highest BCUT2D eigenvalue weighted by Gasteiger charge is 2.28. The minimum absolute atomic E-state index is 0.0145. The van der Waals surface area contributed by atoms with Gasteiger partial charge in [0.05, 0.1) is 13.2 Å². The Bertz CT molecular complexity index is 1020. The molecule has 0 aromatic carbocycles. The second kappa shape index (κ2) is 29.4. The van der Waals surface area contributed by atoms with E-state index in [-0.39, 0.29) is 47.6 Å². The Labute approximate surface area is 325 Å². The normalized spacial score (nSPS) is 19.3. The zero-order valence-corrected chi connectivity index (χ0v) is 33.3. The van der Waals surface area contributed by atoms with Crippen LogP contribution in [0.4, 0.5) is 0 Å². The molecule has 0 aromatic heterocycles. The van der Waals surface area contributed by atoms with Crippen molar-refractivity contribution in [1.82, 2.24) is 31.9 Å². The summed E-state index contributed by atoms with van der Waals surface area (Å²) in [7, 11) is 0. The Morgan fingerprint density at radius 3 is 1.26 bits per heavy atom. The lowest BCUT2D eigenvalue weighted by molar-refractivity contribution is -0.122. The number of amides is 4. The first kappa shape index (κ1) is 46.2. The van der Waals surface area contributed by atoms with E-state index in [1.807, 2.05) is 23.5 Å². The summed E-state index contributed by atoms with van der Waals surface area (Å²) in [4.78, 5) is 48.3. The second-order valence-electron chi connectivity index (χ2n) is 13.8. The summed E-state index contributed by atoms with van der Waals surface area (Å²) in [6, 6.07) is 0.521. The van der Waals surface area contributed by atoms with Crippen LogP contribution in [-0.2, 0) is 23.9 Å². The summed E-state index contributed by atoms with van der Waals surface area (Å²) >= 11 is 3.83. The van der Waals surface area contributed by atoms with Gasteiger partial charge in [-0.25, -0.2) is 0 Å². The highest BCUT2D eigenvalue weighted by atomic mass is 32.2. The highest BCUT2D eigenvalue weighted by molar-refractivity contribution is 8.00. The smallest absolute Gasteiger partial charge is 0.220 e. The van der Waals surface area contributed by atoms with Crippen molar-refractivity contribution in [1.29, 1.82) is 10.8 Å². The molecule has 0 aromatic rings. The van der Waals surface area contributed by atoms with Gasteiger partial charge in [-0.15, -0.1) is 0 Å². The molecule has 2 rings (SSSR count). The lowest BCUT2D eigenvalue weighted by Gasteiger charge is -2.20. The van der Waals surface area contributed by atoms with E-state index in [0.717, 1.165) is 101 Å². The average Bonchev–Trinajstić information content (AvgIpc) is 3.75. The summed E-state index contributed by atoms with van der Waals surface area (Å²) in [5.41, 5.74) is 10.9. The SMILES string of the molecule is N=C(N)NC1CCSC1CCCCC(=O)NCCCCCC(=O)NCCOCCNC(=O)CCCCCNC(=O)CCCCC1SCCC1NC(=N)N. The number of nitrogens with one attached hydrogen (secondary N) is 8. The second-order valence-corrected chi connectivity index (χ2v) is 16.5. The predicted molar refractivity (Wildman–Crippen MR) is 216 cm³/mol. The van der Waals surface area contributed by atoms with E-state index in [2.05, 4.69) is 31.9 Å². The number of hydrogen-bond acceptors (Lipinski definition) is 9. The molecule has 15 nitrogen and oxygen atoms in total. The Balaban J connectivity index is 1.28. The summed E-state index contributed by atoms with van der Waals surface area (Å²) in [5, 5.41) is 33.5. The number of carbonyl (C=O) groups is 4. The van der Waals surface area contributed by atoms with Gasteiger partial charge in [0.25, 0.3) is 0 Å². The lowest BCUT2D eigenvalue weighted by Crippen LogP contribution is -2.42. The zero-order chi connectivity index (χ0) is 38.5. The molecular formula is C36H68N10O5S2. The van der Waals surface area contributed by atoms with Gasteiger partial charge in [-0.05, 0) is 75.7 Å². The number of carbonyl (C=O) groups excluding carboxylic acids is 4. The van der Waals surface area contributed by atoms with E-state index in [0.29, 0.717) is 75.6 Å². The van der Waals surface area contributed by atoms with Crippen molar-refractivity contribution in [3.05, 3.63) is 0 Å². The number of guanidine groups is 2. The van der Waals surface area contributed by atoms with Gasteiger partial charge in [0.15, 0.2) is 11.9 Å². The summed E-state index contributed by atoms with van der Waals surface area (Å²) in [6.45, 7) is 2.86. The van der Waals surface area contributed by atoms with Crippen molar-refractivity contribution in [3.63, 3.8) is 0 Å². The van der Waals surface area contributed by atoms with Crippen LogP contribution < -0.4 is 43.4 Å². The standard InChI is InChI=1S/C36H68N10O5S2/c37-35(38)45-27-17-25-52-29(27)11-5-7-15-31(47)41-19-9-1-3-13-33(49)43-21-23-51-24-22-44-34(50)14-4-2-10-20-42-32(48)16-8-6-12-30-28(18-26-53-30)46-36(39)40/h27-30H,1-26H2,(H,41,47)(H,42,48)(H,43,49)(H,44,50)(H4,37,38,45)(H4,39,40,46). The number of ether oxygens (including phenoxy) is 1. The lowest BCUT2D eigenvalue weighted by atomic mass is 10.0. The van der Waals surface area contributed by atoms with Crippen LogP contribution in [-0.4, -0.2) is 109 Å². The third-order valence-electron chi connectivity index (χ3n) is 9.33. The first-order valence-corrected chi connectivity index (χ1v) is 21.8. The van der Waals surface area contributed by atoms with Gasteiger partial charge in [-0.1, -0.05) is 25.7 Å². The van der Waals surface area contributed by atoms with Crippen molar-refractivity contribution < 1.29 is 23.9 Å². The molecule has 2 heterocycles. The topological polar surface area (TPSA) is 249 Å². The van der Waals surface area contributed by atoms with Crippen LogP contribution in [0.5, 0.6) is 0 Å². The molecule has 2 saturated heterocycles. The minimum Gasteiger partial charge on any atom is -0.378 e. The Kier molecular flexibility index (Phi) is 25.7. The molecule has 12 N–H and O–H groups in total. The van der Waals surface area contributed by atoms with E-state index in [9.17, 15) is 19.2 Å². The first-order valence-electron chi connectivity index (χ1n) is 19.7. The molecule has 0 bridgehead atoms. The predicted octanol–water partition coefficient (Wildman–Crippen LogP) is 2.42. The molecule has 2 aliphatic rings. The molecule has 0 spiro atoms. The summed E-state index contributed by atoms with van der Waals surface area (Å²) in [6.07, 6.45) is 14.6. The average molecular weight is 785 g/mol. The van der Waals surface area contributed by atoms with Gasteiger partial charge in [-0.3, -0.25) is 30.0 Å². The number of unbranched alkanes of at least 4 members (excludes halogenated alkanes) is 6. The maximum Gasteiger partial charge on any atom is 0.220 e. The molecule has 53 heavy (non-hydrogen) atoms. The monoisotopic (exact) mass is 784 g/mol. The Hall–Kier alpha value is -2.92. The van der Waals surface area contributed by atoms with Crippen molar-refractivity contribution in [2.24, 2.45) is 11.5 Å². The molecule has 4 unspecified atom stereocenters. The van der Waals surface area contributed by atoms with E-state index in [1.54, 1.807) is 0 Å². The van der Waals surface area contributed by atoms with Crippen molar-refractivity contribution in [2.45, 2.75) is 138 Å². The van der Waals surface area contributed by atoms with Crippen molar-refractivity contribution in [2.75, 3.05) is 50.9 Å². The van der Waals surface area contributed by atoms with Crippen molar-refractivity contribution in [3.8, 4) is 0 Å². The van der Waals surface area contributed by atoms with Crippen LogP contribution in [0.1, 0.15) is 116 Å². The maximum absolute atomic E-state index is 12.1. The number of nitrogens with two attached hydrogens (primary N) is 2. The molecule has 304 valence electrons. The van der Waals surface area contributed by atoms with Gasteiger partial charge in [0, 0.05) is 74.4 Å². The third kappa shape index (κ3) is 24.2. The fourth-order valence-corrected chi connectivity index (χ4v) is 9.39. The van der Waals surface area contributed by atoms with Crippen LogP contribution >= 0.6 is 23.5 Å². The Morgan fingerprint density at radius 1 is 0.528 bits per heavy atom. The zero-order valence-electron chi connectivity index (χ0n) is 31.7. The first-order chi connectivity index (χ1) is 25.6. The summed E-state index contributed by atoms with van der Waals surface area (Å²) < 4.78 is 5.51. The molecule has 4 atom stereocenters. The van der Waals surface area contributed by atoms with E-state index in [4.69, 9.17) is 27.0 Å². The van der Waals surface area contributed by atoms with Gasteiger partial charge >= 0.3 is 0 Å². The maximum atomic E-state index is 12.1. The van der Waals surface area contributed by atoms with Crippen LogP contribution in [0, 0.1) is 10.8 Å². The Morgan fingerprint density at radius 2 is 0.887 bits per heavy atom. The molecule has 4 amide bonds. The van der Waals surface area contributed by atoms with Crippen LogP contribution in [0.3, 0.4) is 0 Å². The molecule has 2 fully saturated rings. The fraction of sp³-hybridized carbons (Fsp3) is 0.833. The number of thioether (sulfide) groups is 2. The van der Waals surface area contributed by atoms with E-state index >= 15 is 0 Å². The number of hydrogen-bond donors (Lipinski definition) is 10. The van der Waals surface area contributed by atoms with Crippen molar-refractivity contribution >= 4 is 59.1 Å². The molecule has 17 heteroatoms. The molecule has 0 radical (unpaired) electrons. The molecule has 2 aliphatic heterocycles. The van der Waals surface area contributed by atoms with Crippen LogP contribution in [0.25, 0.3) is 0 Å². The van der Waals surface area contributed by atoms with Crippen LogP contribution in [0.15, 0.2) is 0 Å². The fourth-order valence-electron chi connectivity index (χ4n) is 6.47. The van der Waals surface area contributed by atoms with Gasteiger partial charge in [-0.2, -0.15) is 23.5 Å². The largest absolute Gasteiger partial charge is 0.378 e. The van der Waals surface area contributed by atoms with E-state index < -0.39 is 0 Å². The third-order valence-corrected chi connectivity index (χ3v) is 12.3. The molecular weight excluding hydrogens is 717 g/mol. The van der Waals surface area contributed by atoms with Crippen LogP contribution in [0.2, 0.25) is 0 Å². The summed E-state index contributed by atoms with van der Waals surface area (Å²) in [5.74, 6) is 2.34. The number of rotatable bonds is 30. The van der Waals surface area contributed by atoms with E-state index in [1.165, 1.54) is 0 Å². The van der Waals surface area contributed by atoms with Gasteiger partial charge in [0.2, 0.25) is 23.6 Å².